The summed E-state index contributed by atoms with van der Waals surface area (Å²) < 4.78 is 16.0. The Balaban J connectivity index is 1.64. The minimum Gasteiger partial charge on any atom is -0.491 e. The number of rotatable bonds is 9. The third-order valence-corrected chi connectivity index (χ3v) is 4.30. The molecular weight excluding hydrogens is 434 g/mol. The van der Waals surface area contributed by atoms with E-state index in [4.69, 9.17) is 31.5 Å². The lowest BCUT2D eigenvalue weighted by Gasteiger charge is -2.11. The first-order valence-electron chi connectivity index (χ1n) is 9.66. The summed E-state index contributed by atoms with van der Waals surface area (Å²) in [7, 11) is 1.51. The second-order valence-corrected chi connectivity index (χ2v) is 6.74. The molecule has 0 aliphatic rings. The Hall–Kier alpha value is -3.85. The third-order valence-electron chi connectivity index (χ3n) is 4.02. The fourth-order valence-corrected chi connectivity index (χ4v) is 3.00. The van der Waals surface area contributed by atoms with Crippen LogP contribution in [0.3, 0.4) is 0 Å². The maximum atomic E-state index is 12.2. The topological polar surface area (TPSA) is 121 Å². The van der Waals surface area contributed by atoms with Crippen molar-refractivity contribution in [2.75, 3.05) is 24.8 Å². The highest BCUT2D eigenvalue weighted by atomic mass is 35.5. The van der Waals surface area contributed by atoms with Crippen LogP contribution in [0.1, 0.15) is 18.3 Å². The smallest absolute Gasteiger partial charge is 0.331 e. The molecule has 0 radical (unpaired) electrons. The number of aromatic nitrogens is 3. The molecule has 10 heteroatoms. The van der Waals surface area contributed by atoms with Crippen molar-refractivity contribution in [3.05, 3.63) is 65.0 Å². The van der Waals surface area contributed by atoms with E-state index in [9.17, 15) is 4.79 Å². The van der Waals surface area contributed by atoms with Crippen LogP contribution in [0, 0.1) is 0 Å². The highest BCUT2D eigenvalue weighted by Crippen LogP contribution is 2.36. The number of ether oxygens (including phenoxy) is 3. The monoisotopic (exact) mass is 455 g/mol. The summed E-state index contributed by atoms with van der Waals surface area (Å²) in [5.74, 6) is 0.795. The van der Waals surface area contributed by atoms with Crippen LogP contribution in [0.5, 0.6) is 11.5 Å². The molecule has 0 bridgehead atoms. The molecule has 0 saturated heterocycles. The molecule has 166 valence electrons. The molecule has 32 heavy (non-hydrogen) atoms. The zero-order chi connectivity index (χ0) is 22.9. The first-order chi connectivity index (χ1) is 15.5. The summed E-state index contributed by atoms with van der Waals surface area (Å²) in [6.45, 7) is 2.12. The van der Waals surface area contributed by atoms with Crippen LogP contribution in [0.2, 0.25) is 5.02 Å². The van der Waals surface area contributed by atoms with E-state index in [1.165, 1.54) is 13.2 Å². The molecule has 3 rings (SSSR count). The molecule has 0 unspecified atom stereocenters. The number of hydrogen-bond acceptors (Lipinski definition) is 9. The number of methoxy groups -OCH3 is 1. The van der Waals surface area contributed by atoms with E-state index in [0.717, 1.165) is 5.69 Å². The van der Waals surface area contributed by atoms with Crippen molar-refractivity contribution in [3.8, 4) is 11.5 Å². The van der Waals surface area contributed by atoms with E-state index in [2.05, 4.69) is 20.3 Å². The average Bonchev–Trinajstić information content (AvgIpc) is 2.77. The SMILES string of the molecule is CCOc1cc(/C=C/C(=O)OCc2nc(N)nc(Nc3ccccc3)n2)cc(Cl)c1OC. The molecule has 2 aromatic carbocycles. The summed E-state index contributed by atoms with van der Waals surface area (Å²) in [6, 6.07) is 12.7. The molecule has 1 heterocycles. The zero-order valence-electron chi connectivity index (χ0n) is 17.5. The summed E-state index contributed by atoms with van der Waals surface area (Å²) in [5.41, 5.74) is 7.17. The molecule has 9 nitrogen and oxygen atoms in total. The Morgan fingerprint density at radius 2 is 1.97 bits per heavy atom. The Labute approximate surface area is 190 Å². The lowest BCUT2D eigenvalue weighted by Crippen LogP contribution is -2.10. The van der Waals surface area contributed by atoms with Gasteiger partial charge in [-0.3, -0.25) is 0 Å². The largest absolute Gasteiger partial charge is 0.491 e. The van der Waals surface area contributed by atoms with Gasteiger partial charge in [0.2, 0.25) is 11.9 Å². The third kappa shape index (κ3) is 6.32. The number of anilines is 3. The predicted octanol–water partition coefficient (Wildman–Crippen LogP) is 4.01. The van der Waals surface area contributed by atoms with Gasteiger partial charge in [-0.1, -0.05) is 29.8 Å². The van der Waals surface area contributed by atoms with Gasteiger partial charge in [0.05, 0.1) is 18.7 Å². The first-order valence-corrected chi connectivity index (χ1v) is 10.0. The Bertz CT molecular complexity index is 1110. The van der Waals surface area contributed by atoms with Gasteiger partial charge in [0.15, 0.2) is 23.9 Å². The van der Waals surface area contributed by atoms with Gasteiger partial charge in [0.25, 0.3) is 0 Å². The molecule has 0 atom stereocenters. The quantitative estimate of drug-likeness (QED) is 0.364. The molecule has 0 aliphatic carbocycles. The normalized spacial score (nSPS) is 10.7. The van der Waals surface area contributed by atoms with Crippen molar-refractivity contribution >= 4 is 41.2 Å². The number of halogens is 1. The van der Waals surface area contributed by atoms with Crippen molar-refractivity contribution in [2.45, 2.75) is 13.5 Å². The number of nitrogens with zero attached hydrogens (tertiary/aromatic N) is 3. The standard InChI is InChI=1S/C22H22ClN5O4/c1-3-31-17-12-14(11-16(23)20(17)30-2)9-10-19(29)32-13-18-26-21(24)28-22(27-18)25-15-7-5-4-6-8-15/h4-12H,3,13H2,1-2H3,(H3,24,25,26,27,28)/b10-9+. The van der Waals surface area contributed by atoms with Crippen molar-refractivity contribution < 1.29 is 19.0 Å². The molecule has 0 amide bonds. The second kappa shape index (κ2) is 11.0. The highest BCUT2D eigenvalue weighted by Gasteiger charge is 2.11. The summed E-state index contributed by atoms with van der Waals surface area (Å²) in [5, 5.41) is 3.38. The minimum atomic E-state index is -0.591. The van der Waals surface area contributed by atoms with Crippen LogP contribution in [-0.4, -0.2) is 34.6 Å². The van der Waals surface area contributed by atoms with Crippen molar-refractivity contribution in [1.29, 1.82) is 0 Å². The van der Waals surface area contributed by atoms with Gasteiger partial charge in [0, 0.05) is 11.8 Å². The lowest BCUT2D eigenvalue weighted by atomic mass is 10.2. The molecule has 3 aromatic rings. The Morgan fingerprint density at radius 1 is 1.19 bits per heavy atom. The van der Waals surface area contributed by atoms with Crippen LogP contribution in [0.15, 0.2) is 48.5 Å². The second-order valence-electron chi connectivity index (χ2n) is 6.33. The van der Waals surface area contributed by atoms with E-state index in [1.807, 2.05) is 37.3 Å². The van der Waals surface area contributed by atoms with Crippen LogP contribution in [-0.2, 0) is 16.1 Å². The Kier molecular flexibility index (Phi) is 7.82. The number of nitrogens with two attached hydrogens (primary N) is 1. The fourth-order valence-electron chi connectivity index (χ4n) is 2.70. The van der Waals surface area contributed by atoms with Crippen LogP contribution < -0.4 is 20.5 Å². The van der Waals surface area contributed by atoms with Crippen molar-refractivity contribution in [1.82, 2.24) is 15.0 Å². The van der Waals surface area contributed by atoms with E-state index in [0.29, 0.717) is 28.7 Å². The molecule has 3 N–H and O–H groups in total. The van der Waals surface area contributed by atoms with Gasteiger partial charge in [-0.15, -0.1) is 0 Å². The number of para-hydroxylation sites is 1. The Morgan fingerprint density at radius 3 is 2.69 bits per heavy atom. The van der Waals surface area contributed by atoms with Gasteiger partial charge in [-0.2, -0.15) is 15.0 Å². The van der Waals surface area contributed by atoms with Crippen molar-refractivity contribution in [3.63, 3.8) is 0 Å². The van der Waals surface area contributed by atoms with Crippen LogP contribution >= 0.6 is 11.6 Å². The fraction of sp³-hybridized carbons (Fsp3) is 0.182. The molecule has 1 aromatic heterocycles. The zero-order valence-corrected chi connectivity index (χ0v) is 18.3. The molecule has 0 saturated carbocycles. The average molecular weight is 456 g/mol. The number of benzene rings is 2. The first kappa shape index (κ1) is 22.8. The summed E-state index contributed by atoms with van der Waals surface area (Å²) in [4.78, 5) is 24.4. The number of esters is 1. The van der Waals surface area contributed by atoms with Crippen LogP contribution in [0.4, 0.5) is 17.6 Å². The van der Waals surface area contributed by atoms with Gasteiger partial charge in [-0.25, -0.2) is 4.79 Å². The molecule has 0 spiro atoms. The maximum absolute atomic E-state index is 12.2. The summed E-state index contributed by atoms with van der Waals surface area (Å²) >= 11 is 6.22. The van der Waals surface area contributed by atoms with Gasteiger partial charge in [0.1, 0.15) is 0 Å². The molecule has 0 fully saturated rings. The lowest BCUT2D eigenvalue weighted by molar-refractivity contribution is -0.139. The van der Waals surface area contributed by atoms with Gasteiger partial charge < -0.3 is 25.3 Å². The van der Waals surface area contributed by atoms with E-state index in [-0.39, 0.29) is 24.3 Å². The number of nitrogen functional groups attached to an aromatic ring is 1. The predicted molar refractivity (Wildman–Crippen MR) is 122 cm³/mol. The number of carbonyl (C=O) groups is 1. The van der Waals surface area contributed by atoms with E-state index >= 15 is 0 Å². The van der Waals surface area contributed by atoms with E-state index < -0.39 is 5.97 Å². The van der Waals surface area contributed by atoms with Crippen LogP contribution in [0.25, 0.3) is 6.08 Å². The van der Waals surface area contributed by atoms with Gasteiger partial charge >= 0.3 is 5.97 Å². The number of carbonyl (C=O) groups excluding carboxylic acids is 1. The van der Waals surface area contributed by atoms with Gasteiger partial charge in [-0.05, 0) is 42.8 Å². The minimum absolute atomic E-state index is 0.0105. The molecule has 0 aliphatic heterocycles. The molecular formula is C22H22ClN5O4. The summed E-state index contributed by atoms with van der Waals surface area (Å²) in [6.07, 6.45) is 2.82. The van der Waals surface area contributed by atoms with Crippen molar-refractivity contribution in [2.24, 2.45) is 0 Å². The highest BCUT2D eigenvalue weighted by molar-refractivity contribution is 6.32. The number of hydrogen-bond donors (Lipinski definition) is 2. The number of nitrogens with one attached hydrogen (secondary N) is 1. The van der Waals surface area contributed by atoms with E-state index in [1.54, 1.807) is 18.2 Å². The maximum Gasteiger partial charge on any atom is 0.331 e.